The molecule has 0 atom stereocenters. The first-order valence-corrected chi connectivity index (χ1v) is 8.38. The normalized spacial score (nSPS) is 10.6. The molecule has 2 aromatic rings. The highest BCUT2D eigenvalue weighted by molar-refractivity contribution is 14.0. The molecule has 23 heavy (non-hydrogen) atoms. The topological polar surface area (TPSA) is 51.4 Å². The number of nitrogens with zero attached hydrogens (tertiary/aromatic N) is 3. The summed E-state index contributed by atoms with van der Waals surface area (Å²) in [6, 6.07) is 13.9. The van der Waals surface area contributed by atoms with Gasteiger partial charge in [0, 0.05) is 25.5 Å². The Balaban J connectivity index is 0.00000264. The summed E-state index contributed by atoms with van der Waals surface area (Å²) in [6.07, 6.45) is 0. The average Bonchev–Trinajstić information content (AvgIpc) is 2.93. The molecule has 0 saturated carbocycles. The average molecular weight is 505 g/mol. The maximum absolute atomic E-state index is 8.93. The molecule has 0 aliphatic heterocycles. The van der Waals surface area contributed by atoms with Gasteiger partial charge in [0.05, 0.1) is 22.0 Å². The molecule has 1 heterocycles. The van der Waals surface area contributed by atoms with Gasteiger partial charge >= 0.3 is 0 Å². The molecule has 1 N–H and O–H groups in total. The van der Waals surface area contributed by atoms with Gasteiger partial charge in [0.25, 0.3) is 0 Å². The maximum atomic E-state index is 8.93. The van der Waals surface area contributed by atoms with Gasteiger partial charge in [-0.2, -0.15) is 5.26 Å². The molecule has 0 amide bonds. The summed E-state index contributed by atoms with van der Waals surface area (Å²) in [6.45, 7) is 1.44. The molecule has 0 unspecified atom stereocenters. The van der Waals surface area contributed by atoms with Gasteiger partial charge in [-0.05, 0) is 45.8 Å². The van der Waals surface area contributed by atoms with Crippen molar-refractivity contribution in [2.24, 2.45) is 4.99 Å². The molecule has 0 bridgehead atoms. The Labute approximate surface area is 166 Å². The molecule has 1 aromatic carbocycles. The summed E-state index contributed by atoms with van der Waals surface area (Å²) in [5.41, 5.74) is 1.73. The van der Waals surface area contributed by atoms with Crippen molar-refractivity contribution in [3.05, 3.63) is 56.2 Å². The second-order valence-corrected chi connectivity index (χ2v) is 7.32. The van der Waals surface area contributed by atoms with E-state index in [4.69, 9.17) is 5.26 Å². The van der Waals surface area contributed by atoms with Crippen LogP contribution in [0.5, 0.6) is 0 Å². The van der Waals surface area contributed by atoms with Crippen LogP contribution in [0.2, 0.25) is 0 Å². The molecule has 0 aliphatic rings. The van der Waals surface area contributed by atoms with Gasteiger partial charge in [-0.3, -0.25) is 4.99 Å². The van der Waals surface area contributed by atoms with Crippen LogP contribution in [0, 0.1) is 11.3 Å². The number of hydrogen-bond donors (Lipinski definition) is 1. The molecular formula is C16H18BrIN4S. The van der Waals surface area contributed by atoms with Crippen LogP contribution >= 0.6 is 51.2 Å². The number of nitrogens with one attached hydrogen (secondary N) is 1. The van der Waals surface area contributed by atoms with Gasteiger partial charge in [0.1, 0.15) is 0 Å². The van der Waals surface area contributed by atoms with Crippen molar-refractivity contribution >= 4 is 57.2 Å². The Morgan fingerprint density at radius 1 is 1.39 bits per heavy atom. The van der Waals surface area contributed by atoms with Crippen molar-refractivity contribution in [1.82, 2.24) is 10.2 Å². The van der Waals surface area contributed by atoms with E-state index in [0.717, 1.165) is 21.9 Å². The number of hydrogen-bond acceptors (Lipinski definition) is 3. The Morgan fingerprint density at radius 2 is 2.17 bits per heavy atom. The zero-order valence-electron chi connectivity index (χ0n) is 12.9. The molecular weight excluding hydrogens is 487 g/mol. The molecule has 7 heteroatoms. The molecule has 122 valence electrons. The van der Waals surface area contributed by atoms with E-state index in [2.05, 4.69) is 49.3 Å². The van der Waals surface area contributed by atoms with Crippen LogP contribution < -0.4 is 5.32 Å². The third-order valence-corrected chi connectivity index (χ3v) is 4.71. The lowest BCUT2D eigenvalue weighted by atomic mass is 10.1. The van der Waals surface area contributed by atoms with E-state index in [9.17, 15) is 0 Å². The molecule has 0 saturated heterocycles. The molecule has 0 radical (unpaired) electrons. The predicted octanol–water partition coefficient (Wildman–Crippen LogP) is 4.21. The van der Waals surface area contributed by atoms with Crippen LogP contribution in [0.25, 0.3) is 0 Å². The highest BCUT2D eigenvalue weighted by atomic mass is 127. The van der Waals surface area contributed by atoms with E-state index in [1.807, 2.05) is 25.2 Å². The van der Waals surface area contributed by atoms with Crippen molar-refractivity contribution < 1.29 is 0 Å². The number of benzene rings is 1. The number of nitriles is 1. The Morgan fingerprint density at radius 3 is 2.78 bits per heavy atom. The number of thiophene rings is 1. The van der Waals surface area contributed by atoms with Crippen LogP contribution in [0.3, 0.4) is 0 Å². The molecule has 0 fully saturated rings. The fourth-order valence-electron chi connectivity index (χ4n) is 2.06. The van der Waals surface area contributed by atoms with Crippen molar-refractivity contribution in [2.75, 3.05) is 14.1 Å². The molecule has 2 rings (SSSR count). The van der Waals surface area contributed by atoms with Gasteiger partial charge in [-0.1, -0.05) is 12.1 Å². The fraction of sp³-hybridized carbons (Fsp3) is 0.250. The van der Waals surface area contributed by atoms with Crippen molar-refractivity contribution in [2.45, 2.75) is 13.1 Å². The first kappa shape index (κ1) is 19.9. The van der Waals surface area contributed by atoms with Crippen LogP contribution in [0.15, 0.2) is 45.2 Å². The first-order chi connectivity index (χ1) is 10.6. The smallest absolute Gasteiger partial charge is 0.193 e. The van der Waals surface area contributed by atoms with Gasteiger partial charge in [0.2, 0.25) is 0 Å². The van der Waals surface area contributed by atoms with Gasteiger partial charge in [-0.25, -0.2) is 0 Å². The highest BCUT2D eigenvalue weighted by Crippen LogP contribution is 2.22. The zero-order chi connectivity index (χ0) is 15.9. The van der Waals surface area contributed by atoms with Crippen LogP contribution in [0.1, 0.15) is 16.0 Å². The molecule has 0 aliphatic carbocycles. The highest BCUT2D eigenvalue weighted by Gasteiger charge is 2.08. The van der Waals surface area contributed by atoms with E-state index >= 15 is 0 Å². The largest absolute Gasteiger partial charge is 0.352 e. The number of aliphatic imine (C=N–C) groups is 1. The summed E-state index contributed by atoms with van der Waals surface area (Å²) < 4.78 is 1.13. The minimum absolute atomic E-state index is 0. The Hall–Kier alpha value is -1.11. The van der Waals surface area contributed by atoms with E-state index < -0.39 is 0 Å². The zero-order valence-corrected chi connectivity index (χ0v) is 17.6. The third-order valence-electron chi connectivity index (χ3n) is 3.10. The number of guanidine groups is 1. The van der Waals surface area contributed by atoms with Crippen molar-refractivity contribution in [1.29, 1.82) is 5.26 Å². The van der Waals surface area contributed by atoms with Crippen LogP contribution in [0.4, 0.5) is 0 Å². The van der Waals surface area contributed by atoms with Gasteiger partial charge in [-0.15, -0.1) is 35.3 Å². The minimum atomic E-state index is 0. The molecule has 0 spiro atoms. The van der Waals surface area contributed by atoms with E-state index in [1.54, 1.807) is 24.5 Å². The lowest BCUT2D eigenvalue weighted by Gasteiger charge is -2.21. The lowest BCUT2D eigenvalue weighted by Crippen LogP contribution is -2.37. The molecule has 1 aromatic heterocycles. The third kappa shape index (κ3) is 6.12. The SMILES string of the molecule is CN=C(NCc1cccc(C#N)c1)N(C)Cc1ccc(Br)s1.I. The monoisotopic (exact) mass is 504 g/mol. The summed E-state index contributed by atoms with van der Waals surface area (Å²) in [7, 11) is 3.78. The van der Waals surface area contributed by atoms with E-state index in [0.29, 0.717) is 12.1 Å². The van der Waals surface area contributed by atoms with Gasteiger partial charge in [0.15, 0.2) is 5.96 Å². The van der Waals surface area contributed by atoms with Crippen molar-refractivity contribution in [3.8, 4) is 6.07 Å². The van der Waals surface area contributed by atoms with E-state index in [1.165, 1.54) is 4.88 Å². The first-order valence-electron chi connectivity index (χ1n) is 6.77. The number of halogens is 2. The molecule has 4 nitrogen and oxygen atoms in total. The minimum Gasteiger partial charge on any atom is -0.352 e. The number of rotatable bonds is 4. The second-order valence-electron chi connectivity index (χ2n) is 4.77. The summed E-state index contributed by atoms with van der Waals surface area (Å²) in [5.74, 6) is 0.826. The summed E-state index contributed by atoms with van der Waals surface area (Å²) >= 11 is 5.20. The van der Waals surface area contributed by atoms with E-state index in [-0.39, 0.29) is 24.0 Å². The summed E-state index contributed by atoms with van der Waals surface area (Å²) in [5, 5.41) is 12.3. The Bertz CT molecular complexity index is 708. The lowest BCUT2D eigenvalue weighted by molar-refractivity contribution is 0.481. The van der Waals surface area contributed by atoms with Crippen LogP contribution in [-0.2, 0) is 13.1 Å². The second kappa shape index (κ2) is 9.90. The Kier molecular flexibility index (Phi) is 8.58. The predicted molar refractivity (Wildman–Crippen MR) is 110 cm³/mol. The van der Waals surface area contributed by atoms with Crippen LogP contribution in [-0.4, -0.2) is 25.0 Å². The quantitative estimate of drug-likeness (QED) is 0.385. The van der Waals surface area contributed by atoms with Gasteiger partial charge < -0.3 is 10.2 Å². The fourth-order valence-corrected chi connectivity index (χ4v) is 3.60. The van der Waals surface area contributed by atoms with Crippen molar-refractivity contribution in [3.63, 3.8) is 0 Å². The maximum Gasteiger partial charge on any atom is 0.193 e. The summed E-state index contributed by atoms with van der Waals surface area (Å²) in [4.78, 5) is 7.65. The standard InChI is InChI=1S/C16H17BrN4S.HI/c1-19-16(21(2)11-14-6-7-15(17)22-14)20-10-13-5-3-4-12(8-13)9-18;/h3-8H,10-11H2,1-2H3,(H,19,20);1H.